The van der Waals surface area contributed by atoms with E-state index in [1.54, 1.807) is 12.1 Å². The van der Waals surface area contributed by atoms with Crippen LogP contribution in [-0.2, 0) is 4.79 Å². The highest BCUT2D eigenvalue weighted by atomic mass is 16.6. The number of carbonyl (C=O) groups excluding carboxylic acids is 1. The Kier molecular flexibility index (Phi) is 4.59. The first-order valence-corrected chi connectivity index (χ1v) is 7.72. The first-order valence-electron chi connectivity index (χ1n) is 7.72. The zero-order valence-corrected chi connectivity index (χ0v) is 14.7. The number of hydrogen-bond donors (Lipinski definition) is 1. The topological polar surface area (TPSA) is 123 Å². The molecular formula is C18H15N2O7-. The van der Waals surface area contributed by atoms with Gasteiger partial charge in [0, 0.05) is 17.2 Å². The quantitative estimate of drug-likeness (QED) is 0.485. The van der Waals surface area contributed by atoms with Crippen molar-refractivity contribution >= 4 is 28.9 Å². The summed E-state index contributed by atoms with van der Waals surface area (Å²) >= 11 is 0. The second-order valence-electron chi connectivity index (χ2n) is 5.59. The predicted molar refractivity (Wildman–Crippen MR) is 95.1 cm³/mol. The Labute approximate surface area is 153 Å². The molecule has 0 saturated carbocycles. The van der Waals surface area contributed by atoms with Crippen molar-refractivity contribution in [1.82, 2.24) is 0 Å². The van der Waals surface area contributed by atoms with Crippen LogP contribution in [0.2, 0.25) is 0 Å². The minimum absolute atomic E-state index is 0.0335. The second kappa shape index (κ2) is 6.87. The lowest BCUT2D eigenvalue weighted by Crippen LogP contribution is -2.05. The standard InChI is InChI=1S/C18H16N2O7/c1-25-10-4-9(17(21)14(6-10)20(23)24)5-12-11-7-15(26-2)16(27-3)8-13(11)19-18(12)22/h4-8,21H,1-3H3,(H,19,22)/p-1/b12-5-. The molecule has 2 aromatic carbocycles. The summed E-state index contributed by atoms with van der Waals surface area (Å²) in [7, 11) is 4.25. The van der Waals surface area contributed by atoms with Gasteiger partial charge in [0.25, 0.3) is 11.6 Å². The number of hydrogen-bond acceptors (Lipinski definition) is 7. The molecule has 0 aromatic heterocycles. The van der Waals surface area contributed by atoms with Gasteiger partial charge >= 0.3 is 0 Å². The molecule has 0 spiro atoms. The number of anilines is 1. The minimum Gasteiger partial charge on any atom is -0.867 e. The van der Waals surface area contributed by atoms with Crippen LogP contribution in [0.5, 0.6) is 23.0 Å². The van der Waals surface area contributed by atoms with Gasteiger partial charge in [-0.3, -0.25) is 14.9 Å². The second-order valence-corrected chi connectivity index (χ2v) is 5.59. The van der Waals surface area contributed by atoms with Gasteiger partial charge in [0.2, 0.25) is 0 Å². The van der Waals surface area contributed by atoms with Gasteiger partial charge in [-0.05, 0) is 29.5 Å². The highest BCUT2D eigenvalue weighted by molar-refractivity contribution is 6.35. The van der Waals surface area contributed by atoms with Crippen molar-refractivity contribution in [3.8, 4) is 23.0 Å². The third kappa shape index (κ3) is 3.10. The number of benzene rings is 2. The summed E-state index contributed by atoms with van der Waals surface area (Å²) in [5, 5.41) is 26.2. The lowest BCUT2D eigenvalue weighted by molar-refractivity contribution is -0.398. The van der Waals surface area contributed by atoms with Crippen molar-refractivity contribution in [3.63, 3.8) is 0 Å². The van der Waals surface area contributed by atoms with Gasteiger partial charge in [0.1, 0.15) is 5.75 Å². The molecule has 1 amide bonds. The highest BCUT2D eigenvalue weighted by Gasteiger charge is 2.27. The Bertz CT molecular complexity index is 982. The molecular weight excluding hydrogens is 356 g/mol. The van der Waals surface area contributed by atoms with Crippen molar-refractivity contribution in [1.29, 1.82) is 0 Å². The summed E-state index contributed by atoms with van der Waals surface area (Å²) in [4.78, 5) is 22.7. The molecule has 0 unspecified atom stereocenters. The smallest absolute Gasteiger partial charge is 0.266 e. The maximum atomic E-state index is 12.4. The van der Waals surface area contributed by atoms with E-state index in [0.29, 0.717) is 22.7 Å². The molecule has 1 N–H and O–H groups in total. The number of carbonyl (C=O) groups is 1. The van der Waals surface area contributed by atoms with E-state index in [1.807, 2.05) is 0 Å². The fourth-order valence-corrected chi connectivity index (χ4v) is 2.79. The molecule has 3 rings (SSSR count). The Morgan fingerprint density at radius 2 is 1.70 bits per heavy atom. The molecule has 27 heavy (non-hydrogen) atoms. The van der Waals surface area contributed by atoms with E-state index in [-0.39, 0.29) is 16.9 Å². The van der Waals surface area contributed by atoms with Gasteiger partial charge in [0.05, 0.1) is 38.0 Å². The van der Waals surface area contributed by atoms with Gasteiger partial charge in [0.15, 0.2) is 11.5 Å². The molecule has 0 aliphatic carbocycles. The number of nitrogens with zero attached hydrogens (tertiary/aromatic N) is 1. The van der Waals surface area contributed by atoms with E-state index >= 15 is 0 Å². The maximum Gasteiger partial charge on any atom is 0.266 e. The molecule has 9 nitrogen and oxygen atoms in total. The zero-order chi connectivity index (χ0) is 19.7. The van der Waals surface area contributed by atoms with Crippen LogP contribution in [0.25, 0.3) is 11.6 Å². The first kappa shape index (κ1) is 18.1. The average Bonchev–Trinajstić information content (AvgIpc) is 2.96. The van der Waals surface area contributed by atoms with E-state index in [4.69, 9.17) is 14.2 Å². The molecule has 1 aliphatic rings. The fourth-order valence-electron chi connectivity index (χ4n) is 2.79. The average molecular weight is 371 g/mol. The maximum absolute atomic E-state index is 12.4. The van der Waals surface area contributed by atoms with Crippen LogP contribution < -0.4 is 24.6 Å². The van der Waals surface area contributed by atoms with E-state index in [2.05, 4.69) is 5.32 Å². The van der Waals surface area contributed by atoms with Gasteiger partial charge < -0.3 is 24.6 Å². The highest BCUT2D eigenvalue weighted by Crippen LogP contribution is 2.42. The Morgan fingerprint density at radius 1 is 1.04 bits per heavy atom. The summed E-state index contributed by atoms with van der Waals surface area (Å²) in [6, 6.07) is 5.57. The summed E-state index contributed by atoms with van der Waals surface area (Å²) in [6.07, 6.45) is 1.30. The van der Waals surface area contributed by atoms with E-state index in [9.17, 15) is 20.0 Å². The van der Waals surface area contributed by atoms with Gasteiger partial charge in [-0.2, -0.15) is 0 Å². The Morgan fingerprint density at radius 3 is 2.30 bits per heavy atom. The monoisotopic (exact) mass is 371 g/mol. The number of nitrogens with one attached hydrogen (secondary N) is 1. The molecule has 0 bridgehead atoms. The number of nitro groups is 1. The van der Waals surface area contributed by atoms with Crippen molar-refractivity contribution in [3.05, 3.63) is 45.5 Å². The minimum atomic E-state index is -0.810. The van der Waals surface area contributed by atoms with Gasteiger partial charge in [-0.1, -0.05) is 0 Å². The van der Waals surface area contributed by atoms with Crippen LogP contribution in [0.15, 0.2) is 24.3 Å². The number of rotatable bonds is 5. The summed E-state index contributed by atoms with van der Waals surface area (Å²) < 4.78 is 15.5. The molecule has 0 atom stereocenters. The molecule has 140 valence electrons. The summed E-state index contributed by atoms with van der Waals surface area (Å²) in [6.45, 7) is 0. The Hall–Kier alpha value is -3.75. The normalized spacial score (nSPS) is 13.9. The Balaban J connectivity index is 2.19. The zero-order valence-electron chi connectivity index (χ0n) is 14.7. The van der Waals surface area contributed by atoms with Crippen molar-refractivity contribution in [2.75, 3.05) is 26.6 Å². The van der Waals surface area contributed by atoms with Crippen molar-refractivity contribution in [2.24, 2.45) is 0 Å². The predicted octanol–water partition coefficient (Wildman–Crippen LogP) is 2.19. The third-order valence-corrected chi connectivity index (χ3v) is 4.11. The van der Waals surface area contributed by atoms with E-state index in [1.165, 1.54) is 33.5 Å². The van der Waals surface area contributed by atoms with Crippen molar-refractivity contribution in [2.45, 2.75) is 0 Å². The number of fused-ring (bicyclic) bond motifs is 1. The molecule has 2 aromatic rings. The van der Waals surface area contributed by atoms with Gasteiger partial charge in [-0.25, -0.2) is 0 Å². The lowest BCUT2D eigenvalue weighted by atomic mass is 10.0. The molecule has 1 aliphatic heterocycles. The molecule has 1 heterocycles. The van der Waals surface area contributed by atoms with Crippen LogP contribution in [0.3, 0.4) is 0 Å². The fraction of sp³-hybridized carbons (Fsp3) is 0.167. The van der Waals surface area contributed by atoms with E-state index in [0.717, 1.165) is 6.07 Å². The number of amides is 1. The van der Waals surface area contributed by atoms with Crippen molar-refractivity contribution < 1.29 is 29.0 Å². The van der Waals surface area contributed by atoms with Crippen LogP contribution in [0, 0.1) is 10.1 Å². The van der Waals surface area contributed by atoms with Crippen LogP contribution in [0.4, 0.5) is 11.4 Å². The number of methoxy groups -OCH3 is 3. The van der Waals surface area contributed by atoms with Crippen LogP contribution >= 0.6 is 0 Å². The molecule has 9 heteroatoms. The van der Waals surface area contributed by atoms with E-state index < -0.39 is 22.3 Å². The van der Waals surface area contributed by atoms with Gasteiger partial charge in [-0.15, -0.1) is 0 Å². The largest absolute Gasteiger partial charge is 0.867 e. The number of nitro benzene ring substituents is 1. The number of ether oxygens (including phenoxy) is 3. The SMILES string of the molecule is COc1cc(/C=C2\C(=O)Nc3cc(OC)c(OC)cc32)c([O-])c([N+](=O)[O-])c1. The molecule has 0 saturated heterocycles. The lowest BCUT2D eigenvalue weighted by Gasteiger charge is -2.13. The molecule has 0 fully saturated rings. The first-order chi connectivity index (χ1) is 12.9. The summed E-state index contributed by atoms with van der Waals surface area (Å²) in [5.41, 5.74) is 0.475. The van der Waals surface area contributed by atoms with Crippen LogP contribution in [0.1, 0.15) is 11.1 Å². The van der Waals surface area contributed by atoms with Crippen LogP contribution in [-0.4, -0.2) is 32.2 Å². The summed E-state index contributed by atoms with van der Waals surface area (Å²) in [5.74, 6) is -0.295. The molecule has 0 radical (unpaired) electrons. The third-order valence-electron chi connectivity index (χ3n) is 4.11.